The largest absolute Gasteiger partial charge is 0.350 e. The van der Waals surface area contributed by atoms with Gasteiger partial charge in [0.15, 0.2) is 5.65 Å². The van der Waals surface area contributed by atoms with Crippen LogP contribution in [-0.4, -0.2) is 33.7 Å². The van der Waals surface area contributed by atoms with Gasteiger partial charge < -0.3 is 10.6 Å². The van der Waals surface area contributed by atoms with Crippen LogP contribution in [0.3, 0.4) is 0 Å². The summed E-state index contributed by atoms with van der Waals surface area (Å²) in [5.74, 6) is -0.0164. The molecule has 7 nitrogen and oxygen atoms in total. The minimum absolute atomic E-state index is 0.0164. The number of pyridine rings is 1. The molecule has 0 aliphatic heterocycles. The van der Waals surface area contributed by atoms with Crippen molar-refractivity contribution in [3.8, 4) is 0 Å². The van der Waals surface area contributed by atoms with Gasteiger partial charge in [0, 0.05) is 18.3 Å². The Hall–Kier alpha value is -2.93. The quantitative estimate of drug-likeness (QED) is 0.639. The Balaban J connectivity index is 1.72. The van der Waals surface area contributed by atoms with E-state index < -0.39 is 0 Å². The number of anilines is 1. The van der Waals surface area contributed by atoms with Gasteiger partial charge in [-0.15, -0.1) is 5.10 Å². The first-order valence-corrected chi connectivity index (χ1v) is 8.25. The van der Waals surface area contributed by atoms with E-state index in [0.717, 1.165) is 24.2 Å². The van der Waals surface area contributed by atoms with E-state index in [1.807, 2.05) is 37.4 Å². The highest BCUT2D eigenvalue weighted by Gasteiger charge is 2.08. The minimum atomic E-state index is -0.183. The Bertz CT molecular complexity index is 928. The molecule has 25 heavy (non-hydrogen) atoms. The van der Waals surface area contributed by atoms with Gasteiger partial charge in [-0.25, -0.2) is 9.48 Å². The van der Waals surface area contributed by atoms with Crippen LogP contribution in [0.4, 0.5) is 5.69 Å². The molecule has 0 unspecified atom stereocenters. The average molecular weight is 339 g/mol. The van der Waals surface area contributed by atoms with Crippen molar-refractivity contribution in [2.24, 2.45) is 0 Å². The summed E-state index contributed by atoms with van der Waals surface area (Å²) >= 11 is 0. The van der Waals surface area contributed by atoms with E-state index in [2.05, 4.69) is 15.7 Å². The zero-order chi connectivity index (χ0) is 17.6. The fourth-order valence-corrected chi connectivity index (χ4v) is 2.64. The van der Waals surface area contributed by atoms with E-state index in [0.29, 0.717) is 18.6 Å². The SMILES string of the molecule is CNCCCC(=O)Nc1cccc(Cn2nc3ccccn3c2=O)c1. The lowest BCUT2D eigenvalue weighted by molar-refractivity contribution is -0.116. The van der Waals surface area contributed by atoms with Crippen molar-refractivity contribution in [3.63, 3.8) is 0 Å². The van der Waals surface area contributed by atoms with Crippen LogP contribution in [0.2, 0.25) is 0 Å². The number of fused-ring (bicyclic) bond motifs is 1. The van der Waals surface area contributed by atoms with Crippen molar-refractivity contribution in [1.82, 2.24) is 19.5 Å². The highest BCUT2D eigenvalue weighted by Crippen LogP contribution is 2.12. The van der Waals surface area contributed by atoms with Gasteiger partial charge >= 0.3 is 5.69 Å². The van der Waals surface area contributed by atoms with Crippen molar-refractivity contribution < 1.29 is 4.79 Å². The first-order chi connectivity index (χ1) is 12.2. The second-order valence-electron chi connectivity index (χ2n) is 5.82. The maximum absolute atomic E-state index is 12.3. The van der Waals surface area contributed by atoms with E-state index in [-0.39, 0.29) is 11.6 Å². The zero-order valence-corrected chi connectivity index (χ0v) is 14.1. The maximum atomic E-state index is 12.3. The Morgan fingerprint density at radius 1 is 1.20 bits per heavy atom. The smallest absolute Gasteiger partial charge is 0.326 e. The van der Waals surface area contributed by atoms with E-state index in [9.17, 15) is 9.59 Å². The van der Waals surface area contributed by atoms with Crippen LogP contribution in [0, 0.1) is 0 Å². The molecule has 0 bridgehead atoms. The lowest BCUT2D eigenvalue weighted by atomic mass is 10.2. The topological polar surface area (TPSA) is 80.4 Å². The molecule has 3 aromatic rings. The van der Waals surface area contributed by atoms with Gasteiger partial charge in [-0.3, -0.25) is 9.20 Å². The van der Waals surface area contributed by atoms with E-state index in [1.165, 1.54) is 9.08 Å². The summed E-state index contributed by atoms with van der Waals surface area (Å²) < 4.78 is 2.93. The van der Waals surface area contributed by atoms with Gasteiger partial charge in [-0.2, -0.15) is 0 Å². The number of hydrogen-bond donors (Lipinski definition) is 2. The van der Waals surface area contributed by atoms with Gasteiger partial charge in [-0.05, 0) is 49.8 Å². The van der Waals surface area contributed by atoms with Gasteiger partial charge in [-0.1, -0.05) is 18.2 Å². The molecule has 3 rings (SSSR count). The van der Waals surface area contributed by atoms with Crippen molar-refractivity contribution in [2.45, 2.75) is 19.4 Å². The first kappa shape index (κ1) is 16.9. The summed E-state index contributed by atoms with van der Waals surface area (Å²) in [5, 5.41) is 10.2. The molecule has 0 spiro atoms. The molecular formula is C18H21N5O2. The van der Waals surface area contributed by atoms with Crippen molar-refractivity contribution in [1.29, 1.82) is 0 Å². The summed E-state index contributed by atoms with van der Waals surface area (Å²) in [5.41, 5.74) is 2.06. The molecule has 0 radical (unpaired) electrons. The molecule has 2 aromatic heterocycles. The van der Waals surface area contributed by atoms with Crippen LogP contribution >= 0.6 is 0 Å². The Morgan fingerprint density at radius 3 is 2.88 bits per heavy atom. The third kappa shape index (κ3) is 4.13. The second kappa shape index (κ2) is 7.76. The number of nitrogens with one attached hydrogen (secondary N) is 2. The number of nitrogens with zero attached hydrogens (tertiary/aromatic N) is 3. The van der Waals surface area contributed by atoms with Gasteiger partial charge in [0.2, 0.25) is 5.91 Å². The van der Waals surface area contributed by atoms with Crippen LogP contribution < -0.4 is 16.3 Å². The van der Waals surface area contributed by atoms with Gasteiger partial charge in [0.05, 0.1) is 6.54 Å². The van der Waals surface area contributed by atoms with Gasteiger partial charge in [0.1, 0.15) is 0 Å². The van der Waals surface area contributed by atoms with Crippen LogP contribution in [-0.2, 0) is 11.3 Å². The number of benzene rings is 1. The molecule has 0 fully saturated rings. The Kier molecular flexibility index (Phi) is 5.25. The lowest BCUT2D eigenvalue weighted by Crippen LogP contribution is -2.21. The van der Waals surface area contributed by atoms with Crippen LogP contribution in [0.5, 0.6) is 0 Å². The molecule has 2 N–H and O–H groups in total. The van der Waals surface area contributed by atoms with Gasteiger partial charge in [0.25, 0.3) is 0 Å². The van der Waals surface area contributed by atoms with Crippen molar-refractivity contribution in [3.05, 3.63) is 64.7 Å². The monoisotopic (exact) mass is 339 g/mol. The summed E-state index contributed by atoms with van der Waals surface area (Å²) in [7, 11) is 1.86. The average Bonchev–Trinajstić information content (AvgIpc) is 2.92. The van der Waals surface area contributed by atoms with Crippen molar-refractivity contribution >= 4 is 17.2 Å². The van der Waals surface area contributed by atoms with Crippen LogP contribution in [0.25, 0.3) is 5.65 Å². The van der Waals surface area contributed by atoms with Crippen LogP contribution in [0.15, 0.2) is 53.5 Å². The molecule has 7 heteroatoms. The summed E-state index contributed by atoms with van der Waals surface area (Å²) in [4.78, 5) is 24.2. The Morgan fingerprint density at radius 2 is 2.08 bits per heavy atom. The zero-order valence-electron chi connectivity index (χ0n) is 14.1. The molecule has 1 aromatic carbocycles. The van der Waals surface area contributed by atoms with Crippen molar-refractivity contribution in [2.75, 3.05) is 18.9 Å². The predicted octanol–water partition coefficient (Wildman–Crippen LogP) is 1.48. The van der Waals surface area contributed by atoms with E-state index >= 15 is 0 Å². The normalized spacial score (nSPS) is 10.9. The molecule has 130 valence electrons. The summed E-state index contributed by atoms with van der Waals surface area (Å²) in [6, 6.07) is 12.9. The molecule has 0 aliphatic rings. The number of aromatic nitrogens is 3. The standard InChI is InChI=1S/C18H21N5O2/c1-19-10-5-9-17(24)20-15-7-4-6-14(12-15)13-23-18(25)22-11-3-2-8-16(22)21-23/h2-4,6-8,11-12,19H,5,9-10,13H2,1H3,(H,20,24). The first-order valence-electron chi connectivity index (χ1n) is 8.25. The molecule has 0 saturated carbocycles. The third-order valence-electron chi connectivity index (χ3n) is 3.86. The third-order valence-corrected chi connectivity index (χ3v) is 3.86. The number of rotatable bonds is 7. The molecule has 0 aliphatic carbocycles. The van der Waals surface area contributed by atoms with E-state index in [4.69, 9.17) is 0 Å². The summed E-state index contributed by atoms with van der Waals surface area (Å²) in [6.07, 6.45) is 2.96. The predicted molar refractivity (Wildman–Crippen MR) is 96.8 cm³/mol. The molecule has 0 saturated heterocycles. The highest BCUT2D eigenvalue weighted by atomic mass is 16.2. The summed E-state index contributed by atoms with van der Waals surface area (Å²) in [6.45, 7) is 1.16. The van der Waals surface area contributed by atoms with Crippen LogP contribution in [0.1, 0.15) is 18.4 Å². The molecule has 1 amide bonds. The number of carbonyl (C=O) groups is 1. The molecule has 2 heterocycles. The van der Waals surface area contributed by atoms with E-state index in [1.54, 1.807) is 18.3 Å². The second-order valence-corrected chi connectivity index (χ2v) is 5.82. The Labute approximate surface area is 145 Å². The fraction of sp³-hybridized carbons (Fsp3) is 0.278. The number of hydrogen-bond acceptors (Lipinski definition) is 4. The number of carbonyl (C=O) groups excluding carboxylic acids is 1. The number of amides is 1. The highest BCUT2D eigenvalue weighted by molar-refractivity contribution is 5.90. The lowest BCUT2D eigenvalue weighted by Gasteiger charge is -2.07. The fourth-order valence-electron chi connectivity index (χ4n) is 2.64. The maximum Gasteiger partial charge on any atom is 0.350 e. The minimum Gasteiger partial charge on any atom is -0.326 e. The molecular weight excluding hydrogens is 318 g/mol. The molecule has 0 atom stereocenters.